The molecule has 0 saturated heterocycles. The number of nitrogens with zero attached hydrogens (tertiary/aromatic N) is 1. The van der Waals surface area contributed by atoms with Crippen LogP contribution in [-0.2, 0) is 11.2 Å². The van der Waals surface area contributed by atoms with Gasteiger partial charge in [0.2, 0.25) is 0 Å². The highest BCUT2D eigenvalue weighted by Gasteiger charge is 2.52. The average Bonchev–Trinajstić information content (AvgIpc) is 2.86. The number of aryl methyl sites for hydroxylation is 1. The van der Waals surface area contributed by atoms with Crippen molar-refractivity contribution in [3.05, 3.63) is 53.6 Å². The Morgan fingerprint density at radius 3 is 2.61 bits per heavy atom. The van der Waals surface area contributed by atoms with Gasteiger partial charge < -0.3 is 14.6 Å². The first-order valence-electron chi connectivity index (χ1n) is 13.9. The van der Waals surface area contributed by atoms with Crippen molar-refractivity contribution in [1.82, 2.24) is 4.48 Å². The molecule has 4 unspecified atom stereocenters. The Kier molecular flexibility index (Phi) is 8.74. The Labute approximate surface area is 217 Å². The van der Waals surface area contributed by atoms with Gasteiger partial charge in [0, 0.05) is 30.9 Å². The van der Waals surface area contributed by atoms with Crippen LogP contribution < -0.4 is 14.0 Å². The van der Waals surface area contributed by atoms with Gasteiger partial charge in [-0.15, -0.1) is 0 Å². The molecule has 4 rings (SSSR count). The Balaban J connectivity index is 1.64. The van der Waals surface area contributed by atoms with Crippen molar-refractivity contribution in [1.29, 1.82) is 0 Å². The number of hydrogen-bond acceptors (Lipinski definition) is 4. The number of aliphatic hydroxyl groups excluding tert-OH is 1. The number of unbranched alkanes of at least 4 members (excludes halogenated alkanes) is 1. The van der Waals surface area contributed by atoms with E-state index in [0.717, 1.165) is 81.3 Å². The van der Waals surface area contributed by atoms with Crippen molar-refractivity contribution in [2.75, 3.05) is 13.6 Å². The van der Waals surface area contributed by atoms with Gasteiger partial charge in [0.1, 0.15) is 17.2 Å². The van der Waals surface area contributed by atoms with Gasteiger partial charge in [-0.2, -0.15) is 0 Å². The van der Waals surface area contributed by atoms with Crippen LogP contribution in [0.4, 0.5) is 5.69 Å². The molecule has 1 aliphatic heterocycles. The van der Waals surface area contributed by atoms with Crippen LogP contribution in [-0.4, -0.2) is 37.0 Å². The molecule has 196 valence electrons. The fourth-order valence-corrected chi connectivity index (χ4v) is 6.40. The van der Waals surface area contributed by atoms with E-state index in [4.69, 9.17) is 9.47 Å². The maximum absolute atomic E-state index is 12.1. The van der Waals surface area contributed by atoms with Crippen molar-refractivity contribution >= 4 is 11.7 Å². The number of esters is 1. The molecule has 0 radical (unpaired) electrons. The van der Waals surface area contributed by atoms with Crippen LogP contribution in [0.1, 0.15) is 89.2 Å². The number of quaternary nitrogens is 1. The third kappa shape index (κ3) is 5.78. The van der Waals surface area contributed by atoms with Gasteiger partial charge >= 0.3 is 5.97 Å². The molecule has 5 nitrogen and oxygen atoms in total. The number of fused-ring (bicyclic) bond motifs is 3. The zero-order chi connectivity index (χ0) is 25.7. The number of aliphatic hydroxyl groups is 1. The third-order valence-corrected chi connectivity index (χ3v) is 8.29. The van der Waals surface area contributed by atoms with Crippen molar-refractivity contribution in [2.45, 2.75) is 96.8 Å². The van der Waals surface area contributed by atoms with Crippen LogP contribution in [0.5, 0.6) is 11.5 Å². The second kappa shape index (κ2) is 11.8. The molecule has 1 aliphatic carbocycles. The van der Waals surface area contributed by atoms with Crippen LogP contribution in [0, 0.1) is 5.92 Å². The second-order valence-corrected chi connectivity index (χ2v) is 11.1. The van der Waals surface area contributed by atoms with Crippen LogP contribution >= 0.6 is 0 Å². The van der Waals surface area contributed by atoms with Gasteiger partial charge in [-0.05, 0) is 51.0 Å². The largest absolute Gasteiger partial charge is 0.490 e. The first-order chi connectivity index (χ1) is 17.3. The first-order valence-corrected chi connectivity index (χ1v) is 13.9. The monoisotopic (exact) mass is 494 g/mol. The molecule has 2 aliphatic rings. The minimum Gasteiger partial charge on any atom is -0.490 e. The Morgan fingerprint density at radius 2 is 1.89 bits per heavy atom. The summed E-state index contributed by atoms with van der Waals surface area (Å²) in [4.78, 5) is 12.1. The summed E-state index contributed by atoms with van der Waals surface area (Å²) < 4.78 is 12.7. The van der Waals surface area contributed by atoms with Gasteiger partial charge in [0.05, 0.1) is 25.3 Å². The first kappa shape index (κ1) is 26.7. The van der Waals surface area contributed by atoms with Crippen LogP contribution in [0.3, 0.4) is 0 Å². The second-order valence-electron chi connectivity index (χ2n) is 11.1. The summed E-state index contributed by atoms with van der Waals surface area (Å²) >= 11 is 0. The third-order valence-electron chi connectivity index (χ3n) is 8.29. The summed E-state index contributed by atoms with van der Waals surface area (Å²) in [6.07, 6.45) is 8.98. The topological polar surface area (TPSA) is 55.8 Å². The van der Waals surface area contributed by atoms with Gasteiger partial charge in [0.15, 0.2) is 6.23 Å². The van der Waals surface area contributed by atoms with Crippen molar-refractivity contribution < 1.29 is 19.4 Å². The molecule has 0 spiro atoms. The summed E-state index contributed by atoms with van der Waals surface area (Å²) in [5.41, 5.74) is 3.52. The highest BCUT2D eigenvalue weighted by Crippen LogP contribution is 2.55. The maximum atomic E-state index is 12.1. The van der Waals surface area contributed by atoms with E-state index in [-0.39, 0.29) is 23.9 Å². The van der Waals surface area contributed by atoms with E-state index in [1.54, 1.807) is 0 Å². The summed E-state index contributed by atoms with van der Waals surface area (Å²) in [6.45, 7) is 6.61. The molecule has 2 aromatic rings. The van der Waals surface area contributed by atoms with Gasteiger partial charge in [0.25, 0.3) is 0 Å². The fraction of sp³-hybridized carbons (Fsp3) is 0.581. The van der Waals surface area contributed by atoms with Crippen molar-refractivity contribution in [2.24, 2.45) is 5.92 Å². The molecule has 5 heteroatoms. The molecule has 1 fully saturated rings. The Hall–Kier alpha value is -2.37. The van der Waals surface area contributed by atoms with E-state index in [0.29, 0.717) is 10.2 Å². The van der Waals surface area contributed by atoms with E-state index in [2.05, 4.69) is 51.2 Å². The lowest BCUT2D eigenvalue weighted by Crippen LogP contribution is -2.61. The average molecular weight is 495 g/mol. The van der Waals surface area contributed by atoms with Gasteiger partial charge in [-0.3, -0.25) is 9.28 Å². The predicted octanol–water partition coefficient (Wildman–Crippen LogP) is 6.75. The van der Waals surface area contributed by atoms with E-state index < -0.39 is 6.23 Å². The minimum absolute atomic E-state index is 0.0299. The lowest BCUT2D eigenvalue weighted by Gasteiger charge is -2.50. The lowest BCUT2D eigenvalue weighted by atomic mass is 9.70. The number of rotatable bonds is 10. The van der Waals surface area contributed by atoms with Gasteiger partial charge in [-0.1, -0.05) is 56.5 Å². The quantitative estimate of drug-likeness (QED) is 0.226. The molecule has 0 bridgehead atoms. The van der Waals surface area contributed by atoms with Crippen LogP contribution in [0.2, 0.25) is 0 Å². The number of benzene rings is 2. The predicted molar refractivity (Wildman–Crippen MR) is 145 cm³/mol. The minimum atomic E-state index is -0.460. The number of carbonyl (C=O) groups excluding carboxylic acids is 1. The van der Waals surface area contributed by atoms with E-state index in [9.17, 15) is 9.90 Å². The van der Waals surface area contributed by atoms with Crippen LogP contribution in [0.15, 0.2) is 42.5 Å². The maximum Gasteiger partial charge on any atom is 0.308 e. The standard InChI is InChI=1S/C31H44NO4/c1-5-6-19-32(4)28-20-25(35-22(2)13-12-16-24-14-8-7-9-15-24)21-29(36-23(3)33)30(28)26-17-10-11-18-27(26)31(32)34/h7-9,14-15,20-22,26-27,31,34H,5-6,10-13,16-19H2,1-4H3/q+1/t22?,26?,27?,31-,32?/m1/s1. The highest BCUT2D eigenvalue weighted by atomic mass is 16.5. The van der Waals surface area contributed by atoms with Crippen molar-refractivity contribution in [3.8, 4) is 11.5 Å². The normalized spacial score (nSPS) is 26.0. The summed E-state index contributed by atoms with van der Waals surface area (Å²) in [6, 6.07) is 14.6. The Bertz CT molecular complexity index is 1020. The zero-order valence-corrected chi connectivity index (χ0v) is 22.5. The molecule has 0 aromatic heterocycles. The number of carbonyl (C=O) groups is 1. The molecule has 5 atom stereocenters. The molecular formula is C31H44NO4+. The molecule has 1 N–H and O–H groups in total. The number of ether oxygens (including phenoxy) is 2. The molecule has 0 amide bonds. The molecule has 1 heterocycles. The van der Waals surface area contributed by atoms with Crippen LogP contribution in [0.25, 0.3) is 0 Å². The number of hydrogen-bond donors (Lipinski definition) is 1. The highest BCUT2D eigenvalue weighted by molar-refractivity contribution is 5.73. The SMILES string of the molecule is CCCC[N+]1(C)c2cc(OC(C)CCCc3ccccc3)cc(OC(C)=O)c2C2CCCCC2[C@H]1O. The molecular weight excluding hydrogens is 450 g/mol. The Morgan fingerprint density at radius 1 is 1.14 bits per heavy atom. The summed E-state index contributed by atoms with van der Waals surface area (Å²) in [7, 11) is 2.15. The molecule has 36 heavy (non-hydrogen) atoms. The molecule has 2 aromatic carbocycles. The smallest absolute Gasteiger partial charge is 0.308 e. The van der Waals surface area contributed by atoms with E-state index in [1.807, 2.05) is 12.1 Å². The summed E-state index contributed by atoms with van der Waals surface area (Å²) in [5, 5.41) is 11.7. The summed E-state index contributed by atoms with van der Waals surface area (Å²) in [5.74, 6) is 1.43. The van der Waals surface area contributed by atoms with E-state index >= 15 is 0 Å². The lowest BCUT2D eigenvalue weighted by molar-refractivity contribution is -0.132. The van der Waals surface area contributed by atoms with Gasteiger partial charge in [-0.25, -0.2) is 0 Å². The zero-order valence-electron chi connectivity index (χ0n) is 22.5. The molecule has 1 saturated carbocycles. The van der Waals surface area contributed by atoms with E-state index in [1.165, 1.54) is 12.5 Å². The van der Waals surface area contributed by atoms with Crippen molar-refractivity contribution in [3.63, 3.8) is 0 Å². The fourth-order valence-electron chi connectivity index (χ4n) is 6.40.